The Morgan fingerprint density at radius 1 is 1.13 bits per heavy atom. The number of ether oxygens (including phenoxy) is 1. The molecule has 0 radical (unpaired) electrons. The average molecular weight is 454 g/mol. The highest BCUT2D eigenvalue weighted by molar-refractivity contribution is 7.99. The van der Waals surface area contributed by atoms with Crippen LogP contribution in [0.15, 0.2) is 58.8 Å². The number of methoxy groups -OCH3 is 1. The first kappa shape index (κ1) is 21.9. The summed E-state index contributed by atoms with van der Waals surface area (Å²) in [6.45, 7) is 6.16. The van der Waals surface area contributed by atoms with E-state index in [9.17, 15) is 4.79 Å². The molecule has 0 N–H and O–H groups in total. The van der Waals surface area contributed by atoms with Gasteiger partial charge in [0.1, 0.15) is 10.8 Å². The fraction of sp³-hybridized carbons (Fsp3) is 0.333. The lowest BCUT2D eigenvalue weighted by Crippen LogP contribution is -2.48. The van der Waals surface area contributed by atoms with Crippen LogP contribution in [0.25, 0.3) is 11.3 Å². The highest BCUT2D eigenvalue weighted by atomic mass is 32.2. The van der Waals surface area contributed by atoms with Gasteiger partial charge in [0.15, 0.2) is 0 Å². The Bertz CT molecular complexity index is 1030. The van der Waals surface area contributed by atoms with Crippen LogP contribution in [0.1, 0.15) is 22.3 Å². The third-order valence-electron chi connectivity index (χ3n) is 5.35. The third-order valence-corrected chi connectivity index (χ3v) is 7.14. The van der Waals surface area contributed by atoms with E-state index < -0.39 is 0 Å². The van der Waals surface area contributed by atoms with E-state index in [0.29, 0.717) is 0 Å². The molecule has 1 aliphatic heterocycles. The van der Waals surface area contributed by atoms with Crippen LogP contribution in [-0.4, -0.2) is 59.7 Å². The molecule has 162 valence electrons. The first-order valence-electron chi connectivity index (χ1n) is 10.5. The molecule has 4 rings (SSSR count). The first-order chi connectivity index (χ1) is 15.2. The minimum absolute atomic E-state index is 0.144. The molecule has 1 aromatic heterocycles. The van der Waals surface area contributed by atoms with Gasteiger partial charge in [-0.1, -0.05) is 31.2 Å². The SMILES string of the molecule is CCSc1ccccc1C(=O)N1CCN(Cc2nc(-c3cccc(OC)c3)cs2)CC1. The zero-order valence-electron chi connectivity index (χ0n) is 17.9. The molecule has 0 saturated carbocycles. The number of nitrogens with zero attached hydrogens (tertiary/aromatic N) is 3. The average Bonchev–Trinajstić information content (AvgIpc) is 3.28. The van der Waals surface area contributed by atoms with Crippen molar-refractivity contribution in [1.29, 1.82) is 0 Å². The van der Waals surface area contributed by atoms with Gasteiger partial charge >= 0.3 is 0 Å². The number of carbonyl (C=O) groups excluding carboxylic acids is 1. The van der Waals surface area contributed by atoms with Crippen molar-refractivity contribution in [2.24, 2.45) is 0 Å². The maximum Gasteiger partial charge on any atom is 0.255 e. The van der Waals surface area contributed by atoms with Gasteiger partial charge in [0, 0.05) is 42.0 Å². The molecule has 3 aromatic rings. The Labute approximate surface area is 192 Å². The minimum atomic E-state index is 0.144. The van der Waals surface area contributed by atoms with Crippen molar-refractivity contribution in [1.82, 2.24) is 14.8 Å². The predicted molar refractivity (Wildman–Crippen MR) is 128 cm³/mol. The molecule has 5 nitrogen and oxygen atoms in total. The number of thioether (sulfide) groups is 1. The van der Waals surface area contributed by atoms with Crippen molar-refractivity contribution >= 4 is 29.0 Å². The van der Waals surface area contributed by atoms with Crippen LogP contribution in [-0.2, 0) is 6.54 Å². The summed E-state index contributed by atoms with van der Waals surface area (Å²) in [4.78, 5) is 23.3. The molecule has 0 atom stereocenters. The number of hydrogen-bond donors (Lipinski definition) is 0. The van der Waals surface area contributed by atoms with Crippen molar-refractivity contribution in [3.05, 3.63) is 64.5 Å². The van der Waals surface area contributed by atoms with Gasteiger partial charge < -0.3 is 9.64 Å². The largest absolute Gasteiger partial charge is 0.497 e. The number of hydrogen-bond acceptors (Lipinski definition) is 6. The number of aromatic nitrogens is 1. The van der Waals surface area contributed by atoms with Crippen molar-refractivity contribution in [2.45, 2.75) is 18.4 Å². The molecule has 0 aliphatic carbocycles. The van der Waals surface area contributed by atoms with Crippen LogP contribution in [0.3, 0.4) is 0 Å². The maximum absolute atomic E-state index is 13.0. The number of piperazine rings is 1. The second-order valence-corrected chi connectivity index (χ2v) is 9.60. The summed E-state index contributed by atoms with van der Waals surface area (Å²) in [5, 5.41) is 3.20. The van der Waals surface area contributed by atoms with Gasteiger partial charge in [-0.2, -0.15) is 0 Å². The Hall–Kier alpha value is -2.35. The normalized spacial score (nSPS) is 14.6. The van der Waals surface area contributed by atoms with E-state index >= 15 is 0 Å². The summed E-state index contributed by atoms with van der Waals surface area (Å²) in [5.41, 5.74) is 2.88. The van der Waals surface area contributed by atoms with E-state index in [1.807, 2.05) is 47.4 Å². The quantitative estimate of drug-likeness (QED) is 0.477. The number of carbonyl (C=O) groups is 1. The van der Waals surface area contributed by atoms with Gasteiger partial charge in [0.05, 0.1) is 24.9 Å². The van der Waals surface area contributed by atoms with Gasteiger partial charge in [-0.05, 0) is 30.0 Å². The van der Waals surface area contributed by atoms with E-state index in [-0.39, 0.29) is 5.91 Å². The predicted octanol–water partition coefficient (Wildman–Crippen LogP) is 4.89. The Morgan fingerprint density at radius 3 is 2.71 bits per heavy atom. The maximum atomic E-state index is 13.0. The number of thiazole rings is 1. The summed E-state index contributed by atoms with van der Waals surface area (Å²) >= 11 is 3.41. The van der Waals surface area contributed by atoms with Crippen molar-refractivity contribution in [2.75, 3.05) is 39.0 Å². The number of rotatable bonds is 7. The van der Waals surface area contributed by atoms with Gasteiger partial charge in [-0.3, -0.25) is 9.69 Å². The monoisotopic (exact) mass is 453 g/mol. The smallest absolute Gasteiger partial charge is 0.255 e. The molecule has 1 aliphatic rings. The molecule has 1 amide bonds. The molecule has 7 heteroatoms. The van der Waals surface area contributed by atoms with Gasteiger partial charge in [0.2, 0.25) is 0 Å². The topological polar surface area (TPSA) is 45.7 Å². The van der Waals surface area contributed by atoms with Gasteiger partial charge in [0.25, 0.3) is 5.91 Å². The van der Waals surface area contributed by atoms with Crippen molar-refractivity contribution in [3.8, 4) is 17.0 Å². The highest BCUT2D eigenvalue weighted by Crippen LogP contribution is 2.27. The molecule has 2 aromatic carbocycles. The van der Waals surface area contributed by atoms with E-state index in [1.54, 1.807) is 30.2 Å². The Balaban J connectivity index is 1.35. The van der Waals surface area contributed by atoms with E-state index in [4.69, 9.17) is 9.72 Å². The fourth-order valence-corrected chi connectivity index (χ4v) is 5.34. The van der Waals surface area contributed by atoms with E-state index in [1.165, 1.54) is 0 Å². The lowest BCUT2D eigenvalue weighted by molar-refractivity contribution is 0.0625. The van der Waals surface area contributed by atoms with Crippen LogP contribution < -0.4 is 4.74 Å². The summed E-state index contributed by atoms with van der Waals surface area (Å²) in [6, 6.07) is 15.9. The Kier molecular flexibility index (Phi) is 7.27. The highest BCUT2D eigenvalue weighted by Gasteiger charge is 2.24. The van der Waals surface area contributed by atoms with Crippen LogP contribution in [0.2, 0.25) is 0 Å². The van der Waals surface area contributed by atoms with Crippen molar-refractivity contribution < 1.29 is 9.53 Å². The molecule has 31 heavy (non-hydrogen) atoms. The van der Waals surface area contributed by atoms with Crippen molar-refractivity contribution in [3.63, 3.8) is 0 Å². The summed E-state index contributed by atoms with van der Waals surface area (Å²) in [7, 11) is 1.68. The standard InChI is InChI=1S/C24H27N3O2S2/c1-3-30-22-10-5-4-9-20(22)24(28)27-13-11-26(12-14-27)16-23-25-21(17-31-23)18-7-6-8-19(15-18)29-2/h4-10,15,17H,3,11-14,16H2,1-2H3. The molecule has 0 bridgehead atoms. The summed E-state index contributed by atoms with van der Waals surface area (Å²) in [5.74, 6) is 1.95. The van der Waals surface area contributed by atoms with Crippen LogP contribution in [0.4, 0.5) is 0 Å². The molecule has 0 unspecified atom stereocenters. The van der Waals surface area contributed by atoms with E-state index in [2.05, 4.69) is 23.3 Å². The van der Waals surface area contributed by atoms with Crippen LogP contribution >= 0.6 is 23.1 Å². The fourth-order valence-electron chi connectivity index (χ4n) is 3.69. The molecule has 1 fully saturated rings. The number of amides is 1. The Morgan fingerprint density at radius 2 is 1.94 bits per heavy atom. The van der Waals surface area contributed by atoms with Crippen LogP contribution in [0, 0.1) is 0 Å². The zero-order chi connectivity index (χ0) is 21.6. The summed E-state index contributed by atoms with van der Waals surface area (Å²) < 4.78 is 5.32. The van der Waals surface area contributed by atoms with Gasteiger partial charge in [-0.15, -0.1) is 23.1 Å². The van der Waals surface area contributed by atoms with E-state index in [0.717, 1.165) is 71.0 Å². The molecular formula is C24H27N3O2S2. The first-order valence-corrected chi connectivity index (χ1v) is 12.4. The van der Waals surface area contributed by atoms with Crippen LogP contribution in [0.5, 0.6) is 5.75 Å². The zero-order valence-corrected chi connectivity index (χ0v) is 19.5. The van der Waals surface area contributed by atoms with Gasteiger partial charge in [-0.25, -0.2) is 4.98 Å². The molecular weight excluding hydrogens is 426 g/mol. The second kappa shape index (κ2) is 10.3. The molecule has 1 saturated heterocycles. The lowest BCUT2D eigenvalue weighted by atomic mass is 10.1. The number of benzene rings is 2. The minimum Gasteiger partial charge on any atom is -0.497 e. The second-order valence-electron chi connectivity index (χ2n) is 7.36. The summed E-state index contributed by atoms with van der Waals surface area (Å²) in [6.07, 6.45) is 0. The lowest BCUT2D eigenvalue weighted by Gasteiger charge is -2.34. The third kappa shape index (κ3) is 5.29. The molecule has 0 spiro atoms. The molecule has 2 heterocycles.